The molecular formula is C16H17BrFNOS. The van der Waals surface area contributed by atoms with Crippen molar-refractivity contribution in [1.82, 2.24) is 0 Å². The molecule has 0 aliphatic heterocycles. The Morgan fingerprint density at radius 1 is 1.24 bits per heavy atom. The van der Waals surface area contributed by atoms with Gasteiger partial charge in [-0.3, -0.25) is 0 Å². The first-order chi connectivity index (χ1) is 10.1. The SMILES string of the molecule is COc1cccc(CC(N)CSc2ccc(Br)cc2)c1F. The molecule has 21 heavy (non-hydrogen) atoms. The summed E-state index contributed by atoms with van der Waals surface area (Å²) >= 11 is 5.08. The van der Waals surface area contributed by atoms with Crippen molar-refractivity contribution in [1.29, 1.82) is 0 Å². The van der Waals surface area contributed by atoms with Crippen molar-refractivity contribution < 1.29 is 9.13 Å². The molecule has 5 heteroatoms. The van der Waals surface area contributed by atoms with E-state index in [-0.39, 0.29) is 17.6 Å². The van der Waals surface area contributed by atoms with Crippen molar-refractivity contribution >= 4 is 27.7 Å². The molecule has 0 amide bonds. The van der Waals surface area contributed by atoms with Gasteiger partial charge in [0.2, 0.25) is 0 Å². The largest absolute Gasteiger partial charge is 0.494 e. The number of hydrogen-bond donors (Lipinski definition) is 1. The maximum atomic E-state index is 14.0. The van der Waals surface area contributed by atoms with Crippen LogP contribution in [0.3, 0.4) is 0 Å². The van der Waals surface area contributed by atoms with Gasteiger partial charge in [0.1, 0.15) is 0 Å². The van der Waals surface area contributed by atoms with Crippen LogP contribution in [0.1, 0.15) is 5.56 Å². The lowest BCUT2D eigenvalue weighted by Gasteiger charge is -2.13. The first kappa shape index (κ1) is 16.3. The van der Waals surface area contributed by atoms with E-state index in [2.05, 4.69) is 15.9 Å². The molecule has 2 nitrogen and oxygen atoms in total. The highest BCUT2D eigenvalue weighted by Gasteiger charge is 2.12. The molecule has 1 unspecified atom stereocenters. The van der Waals surface area contributed by atoms with Crippen molar-refractivity contribution in [3.63, 3.8) is 0 Å². The zero-order valence-corrected chi connectivity index (χ0v) is 14.1. The minimum Gasteiger partial charge on any atom is -0.494 e. The van der Waals surface area contributed by atoms with Crippen molar-refractivity contribution in [2.24, 2.45) is 5.73 Å². The Balaban J connectivity index is 1.92. The van der Waals surface area contributed by atoms with Crippen molar-refractivity contribution in [2.75, 3.05) is 12.9 Å². The molecule has 0 spiro atoms. The van der Waals surface area contributed by atoms with Crippen LogP contribution in [0.25, 0.3) is 0 Å². The standard InChI is InChI=1S/C16H17BrFNOS/c1-20-15-4-2-3-11(16(15)18)9-13(19)10-21-14-7-5-12(17)6-8-14/h2-8,13H,9-10,19H2,1H3. The summed E-state index contributed by atoms with van der Waals surface area (Å²) in [7, 11) is 1.46. The molecule has 2 aromatic carbocycles. The highest BCUT2D eigenvalue weighted by Crippen LogP contribution is 2.24. The van der Waals surface area contributed by atoms with Crippen LogP contribution in [0.2, 0.25) is 0 Å². The van der Waals surface area contributed by atoms with Gasteiger partial charge in [-0.2, -0.15) is 0 Å². The smallest absolute Gasteiger partial charge is 0.168 e. The molecule has 0 aliphatic rings. The molecule has 0 aliphatic carbocycles. The summed E-state index contributed by atoms with van der Waals surface area (Å²) in [4.78, 5) is 1.15. The van der Waals surface area contributed by atoms with Crippen LogP contribution in [-0.4, -0.2) is 18.9 Å². The minimum absolute atomic E-state index is 0.111. The maximum absolute atomic E-state index is 14.0. The zero-order valence-electron chi connectivity index (χ0n) is 11.7. The van der Waals surface area contributed by atoms with Gasteiger partial charge in [-0.05, 0) is 42.3 Å². The molecule has 0 saturated heterocycles. The summed E-state index contributed by atoms with van der Waals surface area (Å²) in [5.41, 5.74) is 6.70. The molecule has 2 N–H and O–H groups in total. The molecule has 0 radical (unpaired) electrons. The Morgan fingerprint density at radius 2 is 1.95 bits per heavy atom. The van der Waals surface area contributed by atoms with Crippen molar-refractivity contribution in [3.05, 3.63) is 58.3 Å². The maximum Gasteiger partial charge on any atom is 0.168 e. The van der Waals surface area contributed by atoms with Gasteiger partial charge in [-0.15, -0.1) is 11.8 Å². The Hall–Kier alpha value is -1.04. The van der Waals surface area contributed by atoms with E-state index in [1.54, 1.807) is 30.0 Å². The van der Waals surface area contributed by atoms with Gasteiger partial charge >= 0.3 is 0 Å². The number of benzene rings is 2. The Labute approximate surface area is 137 Å². The van der Waals surface area contributed by atoms with E-state index < -0.39 is 0 Å². The van der Waals surface area contributed by atoms with Crippen molar-refractivity contribution in [2.45, 2.75) is 17.4 Å². The number of rotatable bonds is 6. The zero-order chi connectivity index (χ0) is 15.2. The molecule has 0 heterocycles. The number of nitrogens with two attached hydrogens (primary N) is 1. The lowest BCUT2D eigenvalue weighted by atomic mass is 10.1. The number of ether oxygens (including phenoxy) is 1. The first-order valence-corrected chi connectivity index (χ1v) is 8.33. The molecule has 0 aromatic heterocycles. The van der Waals surface area contributed by atoms with Gasteiger partial charge < -0.3 is 10.5 Å². The van der Waals surface area contributed by atoms with Crippen LogP contribution in [0.4, 0.5) is 4.39 Å². The Kier molecular flexibility index (Phi) is 6.08. The fourth-order valence-electron chi connectivity index (χ4n) is 1.95. The lowest BCUT2D eigenvalue weighted by molar-refractivity contribution is 0.383. The second kappa shape index (κ2) is 7.82. The average molecular weight is 370 g/mol. The first-order valence-electron chi connectivity index (χ1n) is 6.55. The molecule has 0 saturated carbocycles. The van der Waals surface area contributed by atoms with E-state index in [0.29, 0.717) is 12.0 Å². The summed E-state index contributed by atoms with van der Waals surface area (Å²) in [5, 5.41) is 0. The third kappa shape index (κ3) is 4.73. The van der Waals surface area contributed by atoms with Crippen molar-refractivity contribution in [3.8, 4) is 5.75 Å². The Bertz CT molecular complexity index is 591. The Morgan fingerprint density at radius 3 is 2.62 bits per heavy atom. The minimum atomic E-state index is -0.316. The summed E-state index contributed by atoms with van der Waals surface area (Å²) in [5.74, 6) is 0.683. The highest BCUT2D eigenvalue weighted by molar-refractivity contribution is 9.10. The van der Waals surface area contributed by atoms with E-state index in [4.69, 9.17) is 10.5 Å². The quantitative estimate of drug-likeness (QED) is 0.772. The summed E-state index contributed by atoms with van der Waals surface area (Å²) in [6.45, 7) is 0. The summed E-state index contributed by atoms with van der Waals surface area (Å²) in [6, 6.07) is 13.1. The average Bonchev–Trinajstić information content (AvgIpc) is 2.49. The van der Waals surface area contributed by atoms with E-state index >= 15 is 0 Å². The molecule has 2 aromatic rings. The van der Waals surface area contributed by atoms with Gasteiger partial charge in [0.15, 0.2) is 11.6 Å². The number of hydrogen-bond acceptors (Lipinski definition) is 3. The summed E-state index contributed by atoms with van der Waals surface area (Å²) in [6.07, 6.45) is 0.493. The second-order valence-corrected chi connectivity index (χ2v) is 6.67. The lowest BCUT2D eigenvalue weighted by Crippen LogP contribution is -2.26. The number of thioether (sulfide) groups is 1. The van der Waals surface area contributed by atoms with E-state index in [0.717, 1.165) is 15.1 Å². The monoisotopic (exact) mass is 369 g/mol. The fraction of sp³-hybridized carbons (Fsp3) is 0.250. The van der Waals surface area contributed by atoms with Crippen LogP contribution in [0.15, 0.2) is 51.8 Å². The van der Waals surface area contributed by atoms with Crippen LogP contribution >= 0.6 is 27.7 Å². The highest BCUT2D eigenvalue weighted by atomic mass is 79.9. The van der Waals surface area contributed by atoms with Gasteiger partial charge in [-0.1, -0.05) is 28.1 Å². The van der Waals surface area contributed by atoms with Crippen LogP contribution in [0.5, 0.6) is 5.75 Å². The molecule has 1 atom stereocenters. The third-order valence-corrected chi connectivity index (χ3v) is 4.75. The molecule has 0 fully saturated rings. The van der Waals surface area contributed by atoms with Gasteiger partial charge in [0, 0.05) is 21.2 Å². The third-order valence-electron chi connectivity index (χ3n) is 3.02. The van der Waals surface area contributed by atoms with Crippen LogP contribution < -0.4 is 10.5 Å². The van der Waals surface area contributed by atoms with Gasteiger partial charge in [0.25, 0.3) is 0 Å². The van der Waals surface area contributed by atoms with Gasteiger partial charge in [0.05, 0.1) is 7.11 Å². The molecule has 112 valence electrons. The number of halogens is 2. The molecule has 0 bridgehead atoms. The summed E-state index contributed by atoms with van der Waals surface area (Å²) < 4.78 is 20.1. The predicted molar refractivity (Wildman–Crippen MR) is 89.5 cm³/mol. The molecular weight excluding hydrogens is 353 g/mol. The number of methoxy groups -OCH3 is 1. The van der Waals surface area contributed by atoms with Crippen LogP contribution in [0, 0.1) is 5.82 Å². The van der Waals surface area contributed by atoms with Gasteiger partial charge in [-0.25, -0.2) is 4.39 Å². The van der Waals surface area contributed by atoms with E-state index in [1.807, 2.05) is 24.3 Å². The van der Waals surface area contributed by atoms with E-state index in [9.17, 15) is 4.39 Å². The molecule has 2 rings (SSSR count). The second-order valence-electron chi connectivity index (χ2n) is 4.66. The van der Waals surface area contributed by atoms with E-state index in [1.165, 1.54) is 7.11 Å². The topological polar surface area (TPSA) is 35.2 Å². The van der Waals surface area contributed by atoms with Crippen LogP contribution in [-0.2, 0) is 6.42 Å². The predicted octanol–water partition coefficient (Wildman–Crippen LogP) is 4.26. The fourth-order valence-corrected chi connectivity index (χ4v) is 3.06. The normalized spacial score (nSPS) is 12.2.